The molecule has 24 heavy (non-hydrogen) atoms. The molecule has 0 aliphatic carbocycles. The Morgan fingerprint density at radius 1 is 1.29 bits per heavy atom. The van der Waals surface area contributed by atoms with Gasteiger partial charge in [0, 0.05) is 45.6 Å². The van der Waals surface area contributed by atoms with Gasteiger partial charge in [-0.3, -0.25) is 19.5 Å². The quantitative estimate of drug-likeness (QED) is 0.854. The van der Waals surface area contributed by atoms with Crippen LogP contribution in [-0.2, 0) is 4.79 Å². The van der Waals surface area contributed by atoms with Crippen LogP contribution in [0.4, 0.5) is 0 Å². The molecule has 1 aliphatic heterocycles. The molecule has 2 amide bonds. The second-order valence-electron chi connectivity index (χ2n) is 6.28. The van der Waals surface area contributed by atoms with Crippen molar-refractivity contribution in [1.82, 2.24) is 29.7 Å². The number of aromatic nitrogens is 3. The molecular weight excluding hydrogens is 308 g/mol. The molecule has 0 unspecified atom stereocenters. The van der Waals surface area contributed by atoms with E-state index in [0.29, 0.717) is 17.6 Å². The van der Waals surface area contributed by atoms with Crippen molar-refractivity contribution in [2.45, 2.75) is 18.9 Å². The van der Waals surface area contributed by atoms with Crippen LogP contribution >= 0.6 is 0 Å². The summed E-state index contributed by atoms with van der Waals surface area (Å²) < 4.78 is 1.64. The minimum absolute atomic E-state index is 0.108. The van der Waals surface area contributed by atoms with Gasteiger partial charge in [-0.15, -0.1) is 0 Å². The number of likely N-dealkylation sites (tertiary alicyclic amines) is 1. The van der Waals surface area contributed by atoms with Crippen molar-refractivity contribution in [3.8, 4) is 0 Å². The molecule has 1 aliphatic rings. The number of nitrogens with zero attached hydrogens (tertiary/aromatic N) is 5. The van der Waals surface area contributed by atoms with Crippen molar-refractivity contribution in [2.24, 2.45) is 0 Å². The Morgan fingerprint density at radius 3 is 2.75 bits per heavy atom. The number of piperidine rings is 1. The highest BCUT2D eigenvalue weighted by atomic mass is 16.2. The number of likely N-dealkylation sites (N-methyl/N-ethyl adjacent to an activating group) is 1. The van der Waals surface area contributed by atoms with Crippen molar-refractivity contribution >= 4 is 17.3 Å². The Hall–Kier alpha value is -2.48. The van der Waals surface area contributed by atoms with E-state index in [1.807, 2.05) is 0 Å². The maximum atomic E-state index is 12.5. The number of hydrogen-bond donors (Lipinski definition) is 1. The van der Waals surface area contributed by atoms with Gasteiger partial charge in [-0.1, -0.05) is 0 Å². The van der Waals surface area contributed by atoms with Crippen molar-refractivity contribution in [1.29, 1.82) is 0 Å². The Labute approximate surface area is 140 Å². The summed E-state index contributed by atoms with van der Waals surface area (Å²) in [6, 6.07) is 0.120. The molecule has 1 saturated heterocycles. The highest BCUT2D eigenvalue weighted by Gasteiger charge is 2.23. The summed E-state index contributed by atoms with van der Waals surface area (Å²) in [5, 5.41) is 7.23. The third kappa shape index (κ3) is 3.53. The van der Waals surface area contributed by atoms with Crippen molar-refractivity contribution in [2.75, 3.05) is 33.7 Å². The third-order valence-electron chi connectivity index (χ3n) is 4.35. The van der Waals surface area contributed by atoms with Crippen LogP contribution in [-0.4, -0.2) is 76.0 Å². The fourth-order valence-corrected chi connectivity index (χ4v) is 2.84. The zero-order chi connectivity index (χ0) is 17.1. The molecule has 0 radical (unpaired) electrons. The summed E-state index contributed by atoms with van der Waals surface area (Å²) in [4.78, 5) is 32.0. The van der Waals surface area contributed by atoms with E-state index in [4.69, 9.17) is 0 Å². The van der Waals surface area contributed by atoms with E-state index in [-0.39, 0.29) is 17.9 Å². The fraction of sp³-hybridized carbons (Fsp3) is 0.500. The molecule has 0 atom stereocenters. The first-order valence-electron chi connectivity index (χ1n) is 8.05. The molecule has 3 heterocycles. The molecule has 1 fully saturated rings. The van der Waals surface area contributed by atoms with Gasteiger partial charge in [0.15, 0.2) is 0 Å². The molecule has 3 rings (SSSR count). The van der Waals surface area contributed by atoms with Gasteiger partial charge in [0.25, 0.3) is 5.91 Å². The second-order valence-corrected chi connectivity index (χ2v) is 6.28. The van der Waals surface area contributed by atoms with E-state index in [9.17, 15) is 9.59 Å². The number of fused-ring (bicyclic) bond motifs is 1. The Kier molecular flexibility index (Phi) is 4.75. The summed E-state index contributed by atoms with van der Waals surface area (Å²) >= 11 is 0. The van der Waals surface area contributed by atoms with Crippen molar-refractivity contribution < 1.29 is 9.59 Å². The lowest BCUT2D eigenvalue weighted by atomic mass is 10.0. The van der Waals surface area contributed by atoms with Crippen LogP contribution < -0.4 is 5.32 Å². The Balaban J connectivity index is 1.54. The topological polar surface area (TPSA) is 82.8 Å². The monoisotopic (exact) mass is 330 g/mol. The Morgan fingerprint density at radius 2 is 2.04 bits per heavy atom. The molecule has 2 aromatic heterocycles. The van der Waals surface area contributed by atoms with Gasteiger partial charge in [0.1, 0.15) is 0 Å². The van der Waals surface area contributed by atoms with E-state index in [1.54, 1.807) is 48.3 Å². The van der Waals surface area contributed by atoms with E-state index < -0.39 is 0 Å². The summed E-state index contributed by atoms with van der Waals surface area (Å²) in [6.45, 7) is 2.05. The maximum Gasteiger partial charge on any atom is 0.255 e. The van der Waals surface area contributed by atoms with Crippen LogP contribution in [0.1, 0.15) is 23.2 Å². The number of amides is 2. The number of nitrogens with one attached hydrogen (secondary N) is 1. The molecule has 8 heteroatoms. The maximum absolute atomic E-state index is 12.5. The molecule has 0 aromatic carbocycles. The molecule has 0 saturated carbocycles. The highest BCUT2D eigenvalue weighted by molar-refractivity contribution is 6.00. The van der Waals surface area contributed by atoms with E-state index in [1.165, 1.54) is 0 Å². The fourth-order valence-electron chi connectivity index (χ4n) is 2.84. The van der Waals surface area contributed by atoms with Crippen LogP contribution in [0.5, 0.6) is 0 Å². The minimum Gasteiger partial charge on any atom is -0.349 e. The molecule has 1 N–H and O–H groups in total. The van der Waals surface area contributed by atoms with Crippen LogP contribution in [0.25, 0.3) is 5.52 Å². The second kappa shape index (κ2) is 6.96. The van der Waals surface area contributed by atoms with Gasteiger partial charge in [-0.2, -0.15) is 5.10 Å². The third-order valence-corrected chi connectivity index (χ3v) is 4.35. The first kappa shape index (κ1) is 16.4. The molecule has 2 aromatic rings. The normalized spacial score (nSPS) is 16.2. The standard InChI is InChI=1S/C16H22N6O2/c1-20(2)15(23)11-21-6-3-12(4-7-21)19-16(24)13-9-18-22-8-5-17-10-14(13)22/h5,8-10,12H,3-4,6-7,11H2,1-2H3,(H,19,24). The van der Waals surface area contributed by atoms with Crippen LogP contribution in [0.3, 0.4) is 0 Å². The van der Waals surface area contributed by atoms with E-state index in [0.717, 1.165) is 25.9 Å². The predicted molar refractivity (Wildman–Crippen MR) is 88.6 cm³/mol. The van der Waals surface area contributed by atoms with Gasteiger partial charge in [-0.25, -0.2) is 4.52 Å². The van der Waals surface area contributed by atoms with Gasteiger partial charge in [-0.05, 0) is 12.8 Å². The Bertz CT molecular complexity index is 733. The lowest BCUT2D eigenvalue weighted by Gasteiger charge is -2.32. The van der Waals surface area contributed by atoms with Gasteiger partial charge in [0.05, 0.1) is 30.0 Å². The van der Waals surface area contributed by atoms with E-state index in [2.05, 4.69) is 20.3 Å². The number of carbonyl (C=O) groups excluding carboxylic acids is 2. The first-order chi connectivity index (χ1) is 11.5. The molecule has 8 nitrogen and oxygen atoms in total. The smallest absolute Gasteiger partial charge is 0.255 e. The average Bonchev–Trinajstić information content (AvgIpc) is 3.00. The van der Waals surface area contributed by atoms with Crippen LogP contribution in [0, 0.1) is 0 Å². The number of rotatable bonds is 4. The van der Waals surface area contributed by atoms with Crippen molar-refractivity contribution in [3.05, 3.63) is 30.4 Å². The van der Waals surface area contributed by atoms with Crippen LogP contribution in [0.2, 0.25) is 0 Å². The predicted octanol–water partition coefficient (Wildman–Crippen LogP) is 0.0117. The summed E-state index contributed by atoms with van der Waals surface area (Å²) in [6.07, 6.45) is 8.22. The zero-order valence-corrected chi connectivity index (χ0v) is 14.0. The molecule has 0 spiro atoms. The summed E-state index contributed by atoms with van der Waals surface area (Å²) in [7, 11) is 3.53. The van der Waals surface area contributed by atoms with Crippen LogP contribution in [0.15, 0.2) is 24.8 Å². The molecular formula is C16H22N6O2. The number of hydrogen-bond acceptors (Lipinski definition) is 5. The minimum atomic E-state index is -0.124. The molecule has 0 bridgehead atoms. The molecule has 128 valence electrons. The SMILES string of the molecule is CN(C)C(=O)CN1CCC(NC(=O)c2cnn3ccncc23)CC1. The summed E-state index contributed by atoms with van der Waals surface area (Å²) in [5.41, 5.74) is 1.23. The lowest BCUT2D eigenvalue weighted by molar-refractivity contribution is -0.130. The average molecular weight is 330 g/mol. The van der Waals surface area contributed by atoms with Gasteiger partial charge in [0.2, 0.25) is 5.91 Å². The number of carbonyl (C=O) groups is 2. The highest BCUT2D eigenvalue weighted by Crippen LogP contribution is 2.13. The van der Waals surface area contributed by atoms with Gasteiger partial charge < -0.3 is 10.2 Å². The lowest BCUT2D eigenvalue weighted by Crippen LogP contribution is -2.47. The first-order valence-corrected chi connectivity index (χ1v) is 8.05. The largest absolute Gasteiger partial charge is 0.349 e. The van der Waals surface area contributed by atoms with Crippen molar-refractivity contribution in [3.63, 3.8) is 0 Å². The van der Waals surface area contributed by atoms with E-state index >= 15 is 0 Å². The summed E-state index contributed by atoms with van der Waals surface area (Å²) in [5.74, 6) is -0.0165. The zero-order valence-electron chi connectivity index (χ0n) is 14.0. The van der Waals surface area contributed by atoms with Gasteiger partial charge >= 0.3 is 0 Å².